The summed E-state index contributed by atoms with van der Waals surface area (Å²) in [5.74, 6) is 2.45. The van der Waals surface area contributed by atoms with Crippen molar-refractivity contribution in [3.8, 4) is 11.4 Å². The second-order valence-electron chi connectivity index (χ2n) is 8.08. The number of hydrogen-bond donors (Lipinski definition) is 1. The van der Waals surface area contributed by atoms with Crippen molar-refractivity contribution in [1.82, 2.24) is 25.1 Å². The Kier molecular flexibility index (Phi) is 5.76. The zero-order valence-corrected chi connectivity index (χ0v) is 18.1. The minimum absolute atomic E-state index is 0.240. The second-order valence-corrected chi connectivity index (χ2v) is 9.19. The highest BCUT2D eigenvalue weighted by molar-refractivity contribution is 7.18. The van der Waals surface area contributed by atoms with E-state index in [0.29, 0.717) is 12.3 Å². The van der Waals surface area contributed by atoms with Crippen LogP contribution in [0.2, 0.25) is 0 Å². The lowest BCUT2D eigenvalue weighted by molar-refractivity contribution is -0.132. The zero-order valence-electron chi connectivity index (χ0n) is 17.3. The second kappa shape index (κ2) is 8.98. The highest BCUT2D eigenvalue weighted by Crippen LogP contribution is 2.24. The van der Waals surface area contributed by atoms with Gasteiger partial charge in [0.2, 0.25) is 5.91 Å². The Morgan fingerprint density at radius 3 is 2.61 bits per heavy atom. The maximum Gasteiger partial charge on any atom is 0.222 e. The van der Waals surface area contributed by atoms with E-state index in [1.165, 1.54) is 4.70 Å². The third kappa shape index (κ3) is 4.66. The summed E-state index contributed by atoms with van der Waals surface area (Å²) < 4.78 is 1.19. The van der Waals surface area contributed by atoms with Gasteiger partial charge in [0.15, 0.2) is 5.82 Å². The van der Waals surface area contributed by atoms with Crippen molar-refractivity contribution in [2.45, 2.75) is 32.1 Å². The predicted octanol–water partition coefficient (Wildman–Crippen LogP) is 4.50. The Balaban J connectivity index is 1.10. The third-order valence-corrected chi connectivity index (χ3v) is 7.00. The lowest BCUT2D eigenvalue weighted by Gasteiger charge is -2.31. The minimum atomic E-state index is 0.240. The fraction of sp³-hybridized carbons (Fsp3) is 0.333. The Morgan fingerprint density at radius 2 is 1.81 bits per heavy atom. The summed E-state index contributed by atoms with van der Waals surface area (Å²) >= 11 is 1.69. The molecule has 31 heavy (non-hydrogen) atoms. The number of H-pyrrole nitrogens is 1. The van der Waals surface area contributed by atoms with Gasteiger partial charge in [0, 0.05) is 37.9 Å². The Morgan fingerprint density at radius 1 is 1.03 bits per heavy atom. The molecule has 1 aliphatic rings. The number of aromatic amines is 1. The molecule has 0 aliphatic carbocycles. The first-order valence-corrected chi connectivity index (χ1v) is 11.7. The molecule has 1 aliphatic heterocycles. The number of likely N-dealkylation sites (tertiary alicyclic amines) is 1. The third-order valence-electron chi connectivity index (χ3n) is 5.90. The number of carbonyl (C=O) groups is 1. The van der Waals surface area contributed by atoms with Gasteiger partial charge in [-0.3, -0.25) is 9.89 Å². The summed E-state index contributed by atoms with van der Waals surface area (Å²) in [6.07, 6.45) is 4.15. The van der Waals surface area contributed by atoms with Gasteiger partial charge < -0.3 is 4.90 Å². The lowest BCUT2D eigenvalue weighted by Crippen LogP contribution is -2.39. The molecule has 2 aromatic heterocycles. The first kappa shape index (κ1) is 19.9. The topological polar surface area (TPSA) is 74.8 Å². The van der Waals surface area contributed by atoms with E-state index in [1.807, 2.05) is 53.4 Å². The molecular weight excluding hydrogens is 406 g/mol. The quantitative estimate of drug-likeness (QED) is 0.488. The number of benzene rings is 2. The normalized spacial score (nSPS) is 14.9. The zero-order chi connectivity index (χ0) is 21.0. The van der Waals surface area contributed by atoms with Crippen LogP contribution in [0.4, 0.5) is 0 Å². The van der Waals surface area contributed by atoms with Gasteiger partial charge in [0.1, 0.15) is 5.82 Å². The van der Waals surface area contributed by atoms with Crippen molar-refractivity contribution in [1.29, 1.82) is 0 Å². The number of aryl methyl sites for hydroxylation is 1. The van der Waals surface area contributed by atoms with Gasteiger partial charge in [-0.25, -0.2) is 9.97 Å². The smallest absolute Gasteiger partial charge is 0.222 e. The molecule has 2 aromatic carbocycles. The van der Waals surface area contributed by atoms with Crippen LogP contribution in [0.25, 0.3) is 21.6 Å². The van der Waals surface area contributed by atoms with Crippen LogP contribution in [-0.2, 0) is 17.6 Å². The maximum absolute atomic E-state index is 12.7. The van der Waals surface area contributed by atoms with E-state index in [-0.39, 0.29) is 5.91 Å². The number of rotatable bonds is 6. The summed E-state index contributed by atoms with van der Waals surface area (Å²) in [7, 11) is 0. The summed E-state index contributed by atoms with van der Waals surface area (Å²) in [5, 5.41) is 8.49. The summed E-state index contributed by atoms with van der Waals surface area (Å²) in [6.45, 7) is 1.64. The molecule has 5 rings (SSSR count). The molecule has 158 valence electrons. The number of hydrogen-bond acceptors (Lipinski definition) is 5. The number of carbonyl (C=O) groups excluding carboxylic acids is 1. The molecule has 1 amide bonds. The van der Waals surface area contributed by atoms with E-state index in [9.17, 15) is 4.79 Å². The predicted molar refractivity (Wildman–Crippen MR) is 123 cm³/mol. The number of fused-ring (bicyclic) bond motifs is 1. The van der Waals surface area contributed by atoms with Crippen LogP contribution in [0, 0.1) is 5.92 Å². The van der Waals surface area contributed by atoms with Crippen molar-refractivity contribution in [2.24, 2.45) is 5.92 Å². The highest BCUT2D eigenvalue weighted by Gasteiger charge is 2.24. The number of nitrogens with one attached hydrogen (secondary N) is 1. The number of para-hydroxylation sites is 1. The van der Waals surface area contributed by atoms with Gasteiger partial charge >= 0.3 is 0 Å². The van der Waals surface area contributed by atoms with Gasteiger partial charge in [-0.2, -0.15) is 5.10 Å². The van der Waals surface area contributed by atoms with Crippen LogP contribution >= 0.6 is 11.3 Å². The lowest BCUT2D eigenvalue weighted by atomic mass is 9.93. The van der Waals surface area contributed by atoms with Crippen molar-refractivity contribution in [2.75, 3.05) is 13.1 Å². The molecule has 6 nitrogen and oxygen atoms in total. The van der Waals surface area contributed by atoms with E-state index < -0.39 is 0 Å². The standard InChI is InChI=1S/C24H25N5OS/c30-23(11-10-22-25-19-8-4-5-9-20(19)31-22)29-14-12-17(13-15-29)16-21-26-24(28-27-21)18-6-2-1-3-7-18/h1-9,17H,10-16H2,(H,26,27,28). The number of thiazole rings is 1. The molecule has 0 spiro atoms. The molecule has 4 aromatic rings. The molecule has 0 atom stereocenters. The average molecular weight is 432 g/mol. The van der Waals surface area contributed by atoms with Crippen molar-refractivity contribution >= 4 is 27.5 Å². The largest absolute Gasteiger partial charge is 0.343 e. The molecule has 0 saturated carbocycles. The summed E-state index contributed by atoms with van der Waals surface area (Å²) in [6, 6.07) is 18.2. The Hall–Kier alpha value is -3.06. The van der Waals surface area contributed by atoms with Gasteiger partial charge in [0.05, 0.1) is 15.2 Å². The fourth-order valence-corrected chi connectivity index (χ4v) is 5.13. The molecule has 7 heteroatoms. The summed E-state index contributed by atoms with van der Waals surface area (Å²) in [5.41, 5.74) is 2.05. The van der Waals surface area contributed by atoms with Crippen LogP contribution in [0.3, 0.4) is 0 Å². The molecule has 0 bridgehead atoms. The summed E-state index contributed by atoms with van der Waals surface area (Å²) in [4.78, 5) is 24.0. The molecule has 3 heterocycles. The van der Waals surface area contributed by atoms with Gasteiger partial charge in [-0.1, -0.05) is 42.5 Å². The maximum atomic E-state index is 12.7. The molecule has 0 unspecified atom stereocenters. The molecule has 1 saturated heterocycles. The average Bonchev–Trinajstić information content (AvgIpc) is 3.45. The van der Waals surface area contributed by atoms with Crippen molar-refractivity contribution in [3.05, 3.63) is 65.4 Å². The van der Waals surface area contributed by atoms with E-state index in [2.05, 4.69) is 26.2 Å². The van der Waals surface area contributed by atoms with E-state index in [1.54, 1.807) is 11.3 Å². The van der Waals surface area contributed by atoms with Crippen molar-refractivity contribution < 1.29 is 4.79 Å². The fourth-order valence-electron chi connectivity index (χ4n) is 4.16. The van der Waals surface area contributed by atoms with Crippen LogP contribution in [0.5, 0.6) is 0 Å². The number of amides is 1. The first-order valence-electron chi connectivity index (χ1n) is 10.8. The van der Waals surface area contributed by atoms with Crippen LogP contribution in [0.15, 0.2) is 54.6 Å². The number of aromatic nitrogens is 4. The van der Waals surface area contributed by atoms with Gasteiger partial charge in [-0.15, -0.1) is 11.3 Å². The van der Waals surface area contributed by atoms with Gasteiger partial charge in [0.25, 0.3) is 0 Å². The van der Waals surface area contributed by atoms with Crippen LogP contribution < -0.4 is 0 Å². The monoisotopic (exact) mass is 431 g/mol. The van der Waals surface area contributed by atoms with E-state index in [0.717, 1.165) is 66.5 Å². The molecule has 0 radical (unpaired) electrons. The Labute approximate surface area is 185 Å². The van der Waals surface area contributed by atoms with Gasteiger partial charge in [-0.05, 0) is 30.9 Å². The SMILES string of the molecule is O=C(CCc1nc2ccccc2s1)N1CCC(Cc2nc(-c3ccccc3)n[nH]2)CC1. The molecule has 1 fully saturated rings. The van der Waals surface area contributed by atoms with Crippen LogP contribution in [-0.4, -0.2) is 44.1 Å². The number of piperidine rings is 1. The first-order chi connectivity index (χ1) is 15.2. The van der Waals surface area contributed by atoms with Crippen LogP contribution in [0.1, 0.15) is 30.1 Å². The molecular formula is C24H25N5OS. The Bertz CT molecular complexity index is 1130. The van der Waals surface area contributed by atoms with E-state index >= 15 is 0 Å². The van der Waals surface area contributed by atoms with E-state index in [4.69, 9.17) is 0 Å². The van der Waals surface area contributed by atoms with Crippen molar-refractivity contribution in [3.63, 3.8) is 0 Å². The number of nitrogens with zero attached hydrogens (tertiary/aromatic N) is 4. The molecule has 1 N–H and O–H groups in total. The highest BCUT2D eigenvalue weighted by atomic mass is 32.1. The minimum Gasteiger partial charge on any atom is -0.343 e.